The molecule has 0 radical (unpaired) electrons. The third kappa shape index (κ3) is 3.74. The number of nitrogens with zero attached hydrogens (tertiary/aromatic N) is 1. The Kier molecular flexibility index (Phi) is 4.50. The minimum atomic E-state index is -0.616. The van der Waals surface area contributed by atoms with Crippen LogP contribution in [0.25, 0.3) is 0 Å². The normalized spacial score (nSPS) is 10.4. The smallest absolute Gasteiger partial charge is 0.251 e. The van der Waals surface area contributed by atoms with E-state index >= 15 is 0 Å². The van der Waals surface area contributed by atoms with Crippen LogP contribution in [-0.4, -0.2) is 10.5 Å². The van der Waals surface area contributed by atoms with Gasteiger partial charge in [-0.1, -0.05) is 23.2 Å². The fourth-order valence-electron chi connectivity index (χ4n) is 1.67. The van der Waals surface area contributed by atoms with Gasteiger partial charge in [-0.15, -0.1) is 0 Å². The number of carbonyl (C=O) groups is 1. The average Bonchev–Trinajstić information content (AvgIpc) is 2.38. The molecule has 0 atom stereocenters. The molecule has 0 unspecified atom stereocenters. The van der Waals surface area contributed by atoms with Gasteiger partial charge in [0.1, 0.15) is 12.4 Å². The quantitative estimate of drug-likeness (QED) is 0.908. The molecule has 0 aliphatic carbocycles. The molecule has 3 N–H and O–H groups in total. The Hall–Kier alpha value is -2.05. The van der Waals surface area contributed by atoms with Crippen LogP contribution in [0.5, 0.6) is 0 Å². The van der Waals surface area contributed by atoms with Crippen molar-refractivity contribution < 1.29 is 9.18 Å². The molecule has 0 aliphatic rings. The number of nitrogens with two attached hydrogens (primary N) is 1. The van der Waals surface area contributed by atoms with Crippen LogP contribution in [-0.2, 0) is 11.3 Å². The summed E-state index contributed by atoms with van der Waals surface area (Å²) in [6, 6.07) is 4.73. The van der Waals surface area contributed by atoms with Crippen LogP contribution < -0.4 is 16.6 Å². The van der Waals surface area contributed by atoms with Crippen LogP contribution in [0, 0.1) is 5.82 Å². The highest BCUT2D eigenvalue weighted by Crippen LogP contribution is 2.31. The third-order valence-electron chi connectivity index (χ3n) is 2.59. The van der Waals surface area contributed by atoms with E-state index in [-0.39, 0.29) is 27.8 Å². The number of hydrogen-bond donors (Lipinski definition) is 2. The zero-order valence-corrected chi connectivity index (χ0v) is 12.1. The zero-order valence-electron chi connectivity index (χ0n) is 10.6. The summed E-state index contributed by atoms with van der Waals surface area (Å²) in [5.41, 5.74) is 5.60. The second-order valence-electron chi connectivity index (χ2n) is 4.22. The molecule has 0 aliphatic heterocycles. The summed E-state index contributed by atoms with van der Waals surface area (Å²) in [6.45, 7) is -0.270. The minimum absolute atomic E-state index is 0.0340. The summed E-state index contributed by atoms with van der Waals surface area (Å²) in [7, 11) is 0. The van der Waals surface area contributed by atoms with E-state index in [0.717, 1.165) is 16.7 Å². The molecule has 0 saturated carbocycles. The Labute approximate surface area is 129 Å². The van der Waals surface area contributed by atoms with E-state index in [1.807, 2.05) is 0 Å². The lowest BCUT2D eigenvalue weighted by molar-refractivity contribution is -0.116. The monoisotopic (exact) mass is 329 g/mol. The number of rotatable bonds is 3. The number of anilines is 2. The number of pyridine rings is 1. The van der Waals surface area contributed by atoms with Crippen molar-refractivity contribution in [2.75, 3.05) is 11.1 Å². The predicted molar refractivity (Wildman–Crippen MR) is 80.2 cm³/mol. The SMILES string of the molecule is Nc1ccc(=O)n(CC(=O)Nc2c(Cl)cc(F)cc2Cl)c1. The van der Waals surface area contributed by atoms with Crippen LogP contribution in [0.3, 0.4) is 0 Å². The molecule has 2 aromatic rings. The van der Waals surface area contributed by atoms with E-state index in [1.54, 1.807) is 0 Å². The van der Waals surface area contributed by atoms with E-state index in [0.29, 0.717) is 5.69 Å². The van der Waals surface area contributed by atoms with Crippen molar-refractivity contribution in [3.8, 4) is 0 Å². The fourth-order valence-corrected chi connectivity index (χ4v) is 2.22. The summed E-state index contributed by atoms with van der Waals surface area (Å²) >= 11 is 11.6. The van der Waals surface area contributed by atoms with E-state index in [4.69, 9.17) is 28.9 Å². The lowest BCUT2D eigenvalue weighted by atomic mass is 10.3. The van der Waals surface area contributed by atoms with Gasteiger partial charge in [0.2, 0.25) is 5.91 Å². The number of halogens is 3. The van der Waals surface area contributed by atoms with Gasteiger partial charge in [-0.05, 0) is 18.2 Å². The molecule has 0 fully saturated rings. The molecule has 1 heterocycles. The maximum Gasteiger partial charge on any atom is 0.251 e. The van der Waals surface area contributed by atoms with Gasteiger partial charge in [0.15, 0.2) is 0 Å². The van der Waals surface area contributed by atoms with Crippen LogP contribution >= 0.6 is 23.2 Å². The maximum absolute atomic E-state index is 13.0. The first-order valence-electron chi connectivity index (χ1n) is 5.77. The molecule has 1 aromatic carbocycles. The molecule has 21 heavy (non-hydrogen) atoms. The number of hydrogen-bond acceptors (Lipinski definition) is 3. The highest BCUT2D eigenvalue weighted by molar-refractivity contribution is 6.39. The van der Waals surface area contributed by atoms with E-state index < -0.39 is 11.7 Å². The lowest BCUT2D eigenvalue weighted by Gasteiger charge is -2.11. The fraction of sp³-hybridized carbons (Fsp3) is 0.0769. The van der Waals surface area contributed by atoms with Crippen molar-refractivity contribution in [1.82, 2.24) is 4.57 Å². The van der Waals surface area contributed by atoms with Gasteiger partial charge in [-0.2, -0.15) is 0 Å². The number of amides is 1. The molecule has 110 valence electrons. The topological polar surface area (TPSA) is 77.1 Å². The Bertz CT molecular complexity index is 738. The van der Waals surface area contributed by atoms with E-state index in [2.05, 4.69) is 5.32 Å². The molecular formula is C13H10Cl2FN3O2. The van der Waals surface area contributed by atoms with Gasteiger partial charge >= 0.3 is 0 Å². The molecular weight excluding hydrogens is 320 g/mol. The standard InChI is InChI=1S/C13H10Cl2FN3O2/c14-9-3-7(16)4-10(15)13(9)18-11(20)6-19-5-8(17)1-2-12(19)21/h1-5H,6,17H2,(H,18,20). The Morgan fingerprint density at radius 3 is 2.52 bits per heavy atom. The van der Waals surface area contributed by atoms with Gasteiger partial charge in [0, 0.05) is 18.0 Å². The molecule has 2 rings (SSSR count). The number of benzene rings is 1. The number of aromatic nitrogens is 1. The zero-order chi connectivity index (χ0) is 15.6. The predicted octanol–water partition coefficient (Wildman–Crippen LogP) is 2.52. The molecule has 0 spiro atoms. The van der Waals surface area contributed by atoms with Crippen molar-refractivity contribution >= 4 is 40.5 Å². The van der Waals surface area contributed by atoms with Gasteiger partial charge < -0.3 is 15.6 Å². The molecule has 0 saturated heterocycles. The average molecular weight is 330 g/mol. The first-order valence-corrected chi connectivity index (χ1v) is 6.53. The van der Waals surface area contributed by atoms with E-state index in [9.17, 15) is 14.0 Å². The van der Waals surface area contributed by atoms with Gasteiger partial charge in [0.25, 0.3) is 5.56 Å². The first-order chi connectivity index (χ1) is 9.86. The summed E-state index contributed by atoms with van der Waals surface area (Å²) in [5.74, 6) is -1.16. The molecule has 5 nitrogen and oxygen atoms in total. The minimum Gasteiger partial charge on any atom is -0.398 e. The maximum atomic E-state index is 13.0. The largest absolute Gasteiger partial charge is 0.398 e. The Morgan fingerprint density at radius 1 is 1.29 bits per heavy atom. The Balaban J connectivity index is 2.19. The first kappa shape index (κ1) is 15.3. The second-order valence-corrected chi connectivity index (χ2v) is 5.04. The molecule has 0 bridgehead atoms. The summed E-state index contributed by atoms with van der Waals surface area (Å²) in [4.78, 5) is 23.5. The third-order valence-corrected chi connectivity index (χ3v) is 3.19. The second kappa shape index (κ2) is 6.15. The van der Waals surface area contributed by atoms with Crippen molar-refractivity contribution in [2.45, 2.75) is 6.54 Å². The number of nitrogens with one attached hydrogen (secondary N) is 1. The van der Waals surface area contributed by atoms with Gasteiger partial charge in [-0.3, -0.25) is 9.59 Å². The number of nitrogen functional groups attached to an aromatic ring is 1. The molecule has 8 heteroatoms. The summed E-state index contributed by atoms with van der Waals surface area (Å²) in [6.07, 6.45) is 1.34. The lowest BCUT2D eigenvalue weighted by Crippen LogP contribution is -2.27. The molecule has 1 aromatic heterocycles. The van der Waals surface area contributed by atoms with Gasteiger partial charge in [-0.25, -0.2) is 4.39 Å². The van der Waals surface area contributed by atoms with Crippen molar-refractivity contribution in [3.05, 3.63) is 56.7 Å². The van der Waals surface area contributed by atoms with E-state index in [1.165, 1.54) is 18.3 Å². The van der Waals surface area contributed by atoms with Crippen molar-refractivity contribution in [1.29, 1.82) is 0 Å². The summed E-state index contributed by atoms with van der Waals surface area (Å²) < 4.78 is 14.2. The van der Waals surface area contributed by atoms with Crippen molar-refractivity contribution in [3.63, 3.8) is 0 Å². The number of carbonyl (C=O) groups excluding carboxylic acids is 1. The van der Waals surface area contributed by atoms with Crippen LogP contribution in [0.2, 0.25) is 10.0 Å². The van der Waals surface area contributed by atoms with Crippen LogP contribution in [0.4, 0.5) is 15.8 Å². The Morgan fingerprint density at radius 2 is 1.90 bits per heavy atom. The van der Waals surface area contributed by atoms with Crippen LogP contribution in [0.15, 0.2) is 35.3 Å². The highest BCUT2D eigenvalue weighted by Gasteiger charge is 2.12. The van der Waals surface area contributed by atoms with Crippen molar-refractivity contribution in [2.24, 2.45) is 0 Å². The molecule has 1 amide bonds. The summed E-state index contributed by atoms with van der Waals surface area (Å²) in [5, 5.41) is 2.36. The highest BCUT2D eigenvalue weighted by atomic mass is 35.5. The van der Waals surface area contributed by atoms with Gasteiger partial charge in [0.05, 0.1) is 15.7 Å². The van der Waals surface area contributed by atoms with Crippen LogP contribution in [0.1, 0.15) is 0 Å².